The average molecular weight is 201 g/mol. The number of carboxylic acid groups (broad SMARTS) is 1. The van der Waals surface area contributed by atoms with Gasteiger partial charge in [-0.15, -0.1) is 0 Å². The van der Waals surface area contributed by atoms with Crippen LogP contribution in [0.5, 0.6) is 0 Å². The Balaban J connectivity index is 2.06. The number of fused-ring (bicyclic) bond motifs is 1. The molecule has 0 aromatic rings. The molecule has 0 aliphatic carbocycles. The molecule has 2 aliphatic rings. The molecule has 0 radical (unpaired) electrons. The third-order valence-electron chi connectivity index (χ3n) is 3.10. The zero-order valence-corrected chi connectivity index (χ0v) is 8.35. The van der Waals surface area contributed by atoms with Gasteiger partial charge in [0, 0.05) is 6.04 Å². The highest BCUT2D eigenvalue weighted by atomic mass is 32.2. The van der Waals surface area contributed by atoms with Gasteiger partial charge in [-0.05, 0) is 36.8 Å². The minimum Gasteiger partial charge on any atom is -0.481 e. The second-order valence-corrected chi connectivity index (χ2v) is 4.97. The molecule has 0 saturated carbocycles. The number of piperidine rings is 1. The van der Waals surface area contributed by atoms with E-state index in [2.05, 4.69) is 5.32 Å². The quantitative estimate of drug-likeness (QED) is 0.659. The van der Waals surface area contributed by atoms with Crippen LogP contribution in [0.2, 0.25) is 0 Å². The number of thioether (sulfide) groups is 1. The summed E-state index contributed by atoms with van der Waals surface area (Å²) in [5, 5.41) is 12.5. The van der Waals surface area contributed by atoms with Crippen LogP contribution in [0.15, 0.2) is 0 Å². The summed E-state index contributed by atoms with van der Waals surface area (Å²) in [6, 6.07) is 0.469. The van der Waals surface area contributed by atoms with Gasteiger partial charge < -0.3 is 10.4 Å². The molecule has 13 heavy (non-hydrogen) atoms. The van der Waals surface area contributed by atoms with Crippen LogP contribution in [-0.4, -0.2) is 35.2 Å². The first-order valence-electron chi connectivity index (χ1n) is 4.83. The Morgan fingerprint density at radius 1 is 1.46 bits per heavy atom. The number of aliphatic carboxylic acids is 1. The third kappa shape index (κ3) is 1.83. The summed E-state index contributed by atoms with van der Waals surface area (Å²) < 4.78 is 0. The summed E-state index contributed by atoms with van der Waals surface area (Å²) in [6.45, 7) is 0.878. The van der Waals surface area contributed by atoms with Gasteiger partial charge in [-0.2, -0.15) is 11.8 Å². The number of carboxylic acids is 1. The minimum absolute atomic E-state index is 0.0981. The van der Waals surface area contributed by atoms with Crippen LogP contribution in [0.4, 0.5) is 0 Å². The Labute approximate surface area is 82.3 Å². The summed E-state index contributed by atoms with van der Waals surface area (Å²) in [6.07, 6.45) is 1.94. The van der Waals surface area contributed by atoms with Gasteiger partial charge in [0.05, 0.1) is 5.92 Å². The van der Waals surface area contributed by atoms with Crippen molar-refractivity contribution in [3.05, 3.63) is 0 Å². The molecule has 0 spiro atoms. The van der Waals surface area contributed by atoms with Crippen molar-refractivity contribution in [3.8, 4) is 0 Å². The smallest absolute Gasteiger partial charge is 0.306 e. The van der Waals surface area contributed by atoms with Crippen molar-refractivity contribution in [2.24, 2.45) is 11.8 Å². The van der Waals surface area contributed by atoms with Gasteiger partial charge in [-0.3, -0.25) is 4.79 Å². The van der Waals surface area contributed by atoms with Crippen molar-refractivity contribution in [1.29, 1.82) is 0 Å². The molecule has 3 unspecified atom stereocenters. The van der Waals surface area contributed by atoms with E-state index in [1.54, 1.807) is 0 Å². The fourth-order valence-corrected chi connectivity index (χ4v) is 3.68. The first-order chi connectivity index (χ1) is 6.29. The molecular formula is C9H15NO2S. The van der Waals surface area contributed by atoms with Crippen molar-refractivity contribution in [3.63, 3.8) is 0 Å². The van der Waals surface area contributed by atoms with Crippen LogP contribution in [0.3, 0.4) is 0 Å². The minimum atomic E-state index is -0.598. The standard InChI is InChI=1S/C9H15NO2S/c11-9(12)6-1-3-10-8-2-4-13-5-7(6)8/h6-8,10H,1-5H2,(H,11,12). The third-order valence-corrected chi connectivity index (χ3v) is 4.24. The fraction of sp³-hybridized carbons (Fsp3) is 0.889. The van der Waals surface area contributed by atoms with E-state index in [1.165, 1.54) is 5.75 Å². The predicted molar refractivity (Wildman–Crippen MR) is 53.0 cm³/mol. The van der Waals surface area contributed by atoms with Crippen molar-refractivity contribution < 1.29 is 9.90 Å². The van der Waals surface area contributed by atoms with Crippen molar-refractivity contribution in [2.45, 2.75) is 18.9 Å². The topological polar surface area (TPSA) is 49.3 Å². The molecule has 2 fully saturated rings. The summed E-state index contributed by atoms with van der Waals surface area (Å²) in [4.78, 5) is 11.0. The van der Waals surface area contributed by atoms with Gasteiger partial charge in [-0.1, -0.05) is 0 Å². The van der Waals surface area contributed by atoms with E-state index >= 15 is 0 Å². The number of nitrogens with one attached hydrogen (secondary N) is 1. The van der Waals surface area contributed by atoms with Crippen LogP contribution in [0.1, 0.15) is 12.8 Å². The van der Waals surface area contributed by atoms with Crippen molar-refractivity contribution in [1.82, 2.24) is 5.32 Å². The molecule has 0 aromatic carbocycles. The van der Waals surface area contributed by atoms with E-state index in [0.29, 0.717) is 12.0 Å². The zero-order valence-electron chi connectivity index (χ0n) is 7.53. The first-order valence-corrected chi connectivity index (χ1v) is 5.98. The Bertz CT molecular complexity index is 208. The van der Waals surface area contributed by atoms with E-state index < -0.39 is 5.97 Å². The normalized spacial score (nSPS) is 39.5. The number of hydrogen-bond acceptors (Lipinski definition) is 3. The highest BCUT2D eigenvalue weighted by molar-refractivity contribution is 7.99. The molecule has 0 aromatic heterocycles. The van der Waals surface area contributed by atoms with Crippen molar-refractivity contribution in [2.75, 3.05) is 18.1 Å². The molecule has 2 aliphatic heterocycles. The maximum absolute atomic E-state index is 11.0. The maximum atomic E-state index is 11.0. The molecular weight excluding hydrogens is 186 g/mol. The number of carbonyl (C=O) groups is 1. The molecule has 0 bridgehead atoms. The molecule has 3 atom stereocenters. The predicted octanol–water partition coefficient (Wildman–Crippen LogP) is 0.802. The van der Waals surface area contributed by atoms with Gasteiger partial charge in [0.2, 0.25) is 0 Å². The zero-order chi connectivity index (χ0) is 9.26. The largest absolute Gasteiger partial charge is 0.481 e. The van der Waals surface area contributed by atoms with E-state index in [-0.39, 0.29) is 5.92 Å². The highest BCUT2D eigenvalue weighted by Crippen LogP contribution is 2.33. The summed E-state index contributed by atoms with van der Waals surface area (Å²) in [7, 11) is 0. The van der Waals surface area contributed by atoms with E-state index in [4.69, 9.17) is 5.11 Å². The van der Waals surface area contributed by atoms with Crippen LogP contribution in [-0.2, 0) is 4.79 Å². The Morgan fingerprint density at radius 3 is 3.08 bits per heavy atom. The van der Waals surface area contributed by atoms with Crippen LogP contribution < -0.4 is 5.32 Å². The lowest BCUT2D eigenvalue weighted by Gasteiger charge is -2.39. The molecule has 0 amide bonds. The summed E-state index contributed by atoms with van der Waals surface area (Å²) >= 11 is 1.90. The van der Waals surface area contributed by atoms with Gasteiger partial charge in [0.1, 0.15) is 0 Å². The van der Waals surface area contributed by atoms with Crippen LogP contribution in [0.25, 0.3) is 0 Å². The molecule has 74 valence electrons. The van der Waals surface area contributed by atoms with Crippen molar-refractivity contribution >= 4 is 17.7 Å². The Kier molecular flexibility index (Phi) is 2.79. The van der Waals surface area contributed by atoms with E-state index in [1.807, 2.05) is 11.8 Å². The average Bonchev–Trinajstić information content (AvgIpc) is 2.17. The van der Waals surface area contributed by atoms with Gasteiger partial charge >= 0.3 is 5.97 Å². The van der Waals surface area contributed by atoms with Gasteiger partial charge in [-0.25, -0.2) is 0 Å². The lowest BCUT2D eigenvalue weighted by molar-refractivity contribution is -0.145. The lowest BCUT2D eigenvalue weighted by Crippen LogP contribution is -2.51. The van der Waals surface area contributed by atoms with Gasteiger partial charge in [0.15, 0.2) is 0 Å². The summed E-state index contributed by atoms with van der Waals surface area (Å²) in [5.41, 5.74) is 0. The monoisotopic (exact) mass is 201 g/mol. The second-order valence-electron chi connectivity index (χ2n) is 3.82. The SMILES string of the molecule is O=C(O)C1CCNC2CCSCC21. The first kappa shape index (κ1) is 9.34. The molecule has 3 nitrogen and oxygen atoms in total. The van der Waals surface area contributed by atoms with Gasteiger partial charge in [0.25, 0.3) is 0 Å². The maximum Gasteiger partial charge on any atom is 0.306 e. The van der Waals surface area contributed by atoms with Crippen LogP contribution >= 0.6 is 11.8 Å². The second kappa shape index (κ2) is 3.88. The molecule has 2 N–H and O–H groups in total. The van der Waals surface area contributed by atoms with E-state index in [9.17, 15) is 4.79 Å². The lowest BCUT2D eigenvalue weighted by atomic mass is 9.80. The number of hydrogen-bond donors (Lipinski definition) is 2. The fourth-order valence-electron chi connectivity index (χ4n) is 2.35. The number of rotatable bonds is 1. The molecule has 2 saturated heterocycles. The molecule has 2 rings (SSSR count). The summed E-state index contributed by atoms with van der Waals surface area (Å²) in [5.74, 6) is 1.87. The van der Waals surface area contributed by atoms with E-state index in [0.717, 1.165) is 25.1 Å². The Hall–Kier alpha value is -0.220. The Morgan fingerprint density at radius 2 is 2.31 bits per heavy atom. The molecule has 2 heterocycles. The highest BCUT2D eigenvalue weighted by Gasteiger charge is 2.38. The molecule has 4 heteroatoms. The van der Waals surface area contributed by atoms with Crippen LogP contribution in [0, 0.1) is 11.8 Å².